The molecule has 2 rings (SSSR count). The number of carbonyl (C=O) groups excluding carboxylic acids is 2. The standard InChI is InChI=1S/C19H23N3O6/c1-19(2,26-6)28-14-8-12(18(24)25-5)7-13(9-14)27-16-11-20-15(10-21-16)17(23)22(3)4/h7-11H,1-6H3. The summed E-state index contributed by atoms with van der Waals surface area (Å²) in [6.07, 6.45) is 2.63. The Hall–Kier alpha value is -3.20. The Bertz CT molecular complexity index is 849. The van der Waals surface area contributed by atoms with Crippen LogP contribution in [-0.2, 0) is 9.47 Å². The maximum atomic E-state index is 12.0. The summed E-state index contributed by atoms with van der Waals surface area (Å²) in [5, 5.41) is 0. The number of carbonyl (C=O) groups is 2. The molecule has 1 aromatic carbocycles. The van der Waals surface area contributed by atoms with Gasteiger partial charge in [-0.2, -0.15) is 0 Å². The highest BCUT2D eigenvalue weighted by Gasteiger charge is 2.20. The van der Waals surface area contributed by atoms with Gasteiger partial charge in [-0.1, -0.05) is 0 Å². The van der Waals surface area contributed by atoms with Crippen molar-refractivity contribution in [3.05, 3.63) is 41.9 Å². The van der Waals surface area contributed by atoms with Crippen LogP contribution in [0.3, 0.4) is 0 Å². The van der Waals surface area contributed by atoms with E-state index in [-0.39, 0.29) is 28.8 Å². The van der Waals surface area contributed by atoms with Crippen LogP contribution in [0.1, 0.15) is 34.7 Å². The summed E-state index contributed by atoms with van der Waals surface area (Å²) in [7, 11) is 6.03. The fourth-order valence-electron chi connectivity index (χ4n) is 2.08. The number of hydrogen-bond donors (Lipinski definition) is 0. The molecule has 0 bridgehead atoms. The SMILES string of the molecule is COC(=O)c1cc(Oc2cnc(C(=O)N(C)C)cn2)cc(OC(C)(C)OC)c1. The Balaban J connectivity index is 2.31. The molecule has 1 amide bonds. The zero-order valence-electron chi connectivity index (χ0n) is 16.7. The molecule has 0 aliphatic carbocycles. The first-order chi connectivity index (χ1) is 13.1. The maximum Gasteiger partial charge on any atom is 0.338 e. The fourth-order valence-corrected chi connectivity index (χ4v) is 2.08. The van der Waals surface area contributed by atoms with E-state index in [0.717, 1.165) is 0 Å². The quantitative estimate of drug-likeness (QED) is 0.526. The Morgan fingerprint density at radius 3 is 2.21 bits per heavy atom. The van der Waals surface area contributed by atoms with E-state index in [1.54, 1.807) is 34.0 Å². The van der Waals surface area contributed by atoms with Crippen molar-refractivity contribution in [3.8, 4) is 17.4 Å². The molecule has 0 aliphatic heterocycles. The number of amides is 1. The predicted octanol–water partition coefficient (Wildman–Crippen LogP) is 2.52. The van der Waals surface area contributed by atoms with E-state index in [1.165, 1.54) is 43.6 Å². The summed E-state index contributed by atoms with van der Waals surface area (Å²) < 4.78 is 21.4. The van der Waals surface area contributed by atoms with Crippen LogP contribution in [0.15, 0.2) is 30.6 Å². The van der Waals surface area contributed by atoms with Crippen LogP contribution in [0.2, 0.25) is 0 Å². The van der Waals surface area contributed by atoms with E-state index in [4.69, 9.17) is 18.9 Å². The lowest BCUT2D eigenvalue weighted by Crippen LogP contribution is -2.30. The number of methoxy groups -OCH3 is 2. The number of esters is 1. The molecule has 0 aliphatic rings. The monoisotopic (exact) mass is 389 g/mol. The van der Waals surface area contributed by atoms with E-state index >= 15 is 0 Å². The van der Waals surface area contributed by atoms with E-state index in [1.807, 2.05) is 0 Å². The van der Waals surface area contributed by atoms with Gasteiger partial charge in [0, 0.05) is 41.1 Å². The zero-order valence-corrected chi connectivity index (χ0v) is 16.7. The van der Waals surface area contributed by atoms with Gasteiger partial charge in [-0.05, 0) is 12.1 Å². The highest BCUT2D eigenvalue weighted by molar-refractivity contribution is 5.91. The second-order valence-electron chi connectivity index (χ2n) is 6.43. The topological polar surface area (TPSA) is 100 Å². The minimum atomic E-state index is -0.917. The van der Waals surface area contributed by atoms with Gasteiger partial charge in [-0.3, -0.25) is 4.79 Å². The number of rotatable bonds is 7. The molecule has 1 aromatic heterocycles. The Kier molecular flexibility index (Phi) is 6.53. The highest BCUT2D eigenvalue weighted by Crippen LogP contribution is 2.29. The first-order valence-corrected chi connectivity index (χ1v) is 8.34. The van der Waals surface area contributed by atoms with Crippen LogP contribution in [0, 0.1) is 0 Å². The minimum absolute atomic E-state index is 0.147. The molecule has 9 nitrogen and oxygen atoms in total. The molecule has 0 unspecified atom stereocenters. The average molecular weight is 389 g/mol. The summed E-state index contributed by atoms with van der Waals surface area (Å²) in [4.78, 5) is 33.3. The van der Waals surface area contributed by atoms with E-state index in [2.05, 4.69) is 9.97 Å². The smallest absolute Gasteiger partial charge is 0.338 e. The van der Waals surface area contributed by atoms with Crippen LogP contribution >= 0.6 is 0 Å². The molecule has 9 heteroatoms. The third-order valence-electron chi connectivity index (χ3n) is 3.63. The molecule has 0 saturated carbocycles. The van der Waals surface area contributed by atoms with Gasteiger partial charge in [0.2, 0.25) is 11.7 Å². The molecule has 2 aromatic rings. The van der Waals surface area contributed by atoms with Crippen LogP contribution < -0.4 is 9.47 Å². The van der Waals surface area contributed by atoms with Gasteiger partial charge in [-0.15, -0.1) is 0 Å². The van der Waals surface area contributed by atoms with Gasteiger partial charge in [0.05, 0.1) is 25.1 Å². The largest absolute Gasteiger partial charge is 0.465 e. The lowest BCUT2D eigenvalue weighted by molar-refractivity contribution is -0.134. The molecule has 28 heavy (non-hydrogen) atoms. The van der Waals surface area contributed by atoms with Gasteiger partial charge < -0.3 is 23.8 Å². The second-order valence-corrected chi connectivity index (χ2v) is 6.43. The Morgan fingerprint density at radius 2 is 1.68 bits per heavy atom. The average Bonchev–Trinajstić information content (AvgIpc) is 2.66. The molecule has 0 atom stereocenters. The first kappa shape index (κ1) is 21.1. The molecule has 0 spiro atoms. The van der Waals surface area contributed by atoms with E-state index < -0.39 is 11.8 Å². The van der Waals surface area contributed by atoms with Gasteiger partial charge in [0.25, 0.3) is 5.91 Å². The van der Waals surface area contributed by atoms with Gasteiger partial charge in [0.1, 0.15) is 17.2 Å². The van der Waals surface area contributed by atoms with Gasteiger partial charge in [-0.25, -0.2) is 14.8 Å². The number of hydrogen-bond acceptors (Lipinski definition) is 8. The third-order valence-corrected chi connectivity index (χ3v) is 3.63. The van der Waals surface area contributed by atoms with Gasteiger partial charge in [0.15, 0.2) is 0 Å². The Morgan fingerprint density at radius 1 is 1.00 bits per heavy atom. The summed E-state index contributed by atoms with van der Waals surface area (Å²) in [6, 6.07) is 4.58. The summed E-state index contributed by atoms with van der Waals surface area (Å²) in [6.45, 7) is 3.45. The van der Waals surface area contributed by atoms with Gasteiger partial charge >= 0.3 is 5.97 Å². The van der Waals surface area contributed by atoms with Crippen molar-refractivity contribution in [1.29, 1.82) is 0 Å². The molecular weight excluding hydrogens is 366 g/mol. The zero-order chi connectivity index (χ0) is 20.9. The number of benzene rings is 1. The minimum Gasteiger partial charge on any atom is -0.465 e. The normalized spacial score (nSPS) is 10.9. The molecule has 0 fully saturated rings. The van der Waals surface area contributed by atoms with Crippen molar-refractivity contribution in [1.82, 2.24) is 14.9 Å². The third kappa shape index (κ3) is 5.40. The van der Waals surface area contributed by atoms with E-state index in [0.29, 0.717) is 5.75 Å². The molecular formula is C19H23N3O6. The van der Waals surface area contributed by atoms with Crippen molar-refractivity contribution in [2.75, 3.05) is 28.3 Å². The van der Waals surface area contributed by atoms with Crippen molar-refractivity contribution >= 4 is 11.9 Å². The fraction of sp³-hybridized carbons (Fsp3) is 0.368. The van der Waals surface area contributed by atoms with Crippen LogP contribution in [0.5, 0.6) is 17.4 Å². The van der Waals surface area contributed by atoms with Crippen molar-refractivity contribution in [2.24, 2.45) is 0 Å². The lowest BCUT2D eigenvalue weighted by Gasteiger charge is -2.25. The first-order valence-electron chi connectivity index (χ1n) is 8.34. The number of aromatic nitrogens is 2. The number of nitrogens with zero attached hydrogens (tertiary/aromatic N) is 3. The molecule has 0 N–H and O–H groups in total. The summed E-state index contributed by atoms with van der Waals surface area (Å²) >= 11 is 0. The molecule has 150 valence electrons. The molecule has 0 saturated heterocycles. The number of ether oxygens (including phenoxy) is 4. The molecule has 0 radical (unpaired) electrons. The van der Waals surface area contributed by atoms with Crippen LogP contribution in [-0.4, -0.2) is 60.8 Å². The summed E-state index contributed by atoms with van der Waals surface area (Å²) in [5.74, 6) is -0.968. The second kappa shape index (κ2) is 8.66. The van der Waals surface area contributed by atoms with E-state index in [9.17, 15) is 9.59 Å². The summed E-state index contributed by atoms with van der Waals surface area (Å²) in [5.41, 5.74) is 0.417. The van der Waals surface area contributed by atoms with Crippen molar-refractivity contribution < 1.29 is 28.5 Å². The van der Waals surface area contributed by atoms with Crippen molar-refractivity contribution in [2.45, 2.75) is 19.6 Å². The van der Waals surface area contributed by atoms with Crippen molar-refractivity contribution in [3.63, 3.8) is 0 Å². The predicted molar refractivity (Wildman–Crippen MR) is 99.6 cm³/mol. The molecule has 1 heterocycles. The maximum absolute atomic E-state index is 12.0. The van der Waals surface area contributed by atoms with Crippen LogP contribution in [0.4, 0.5) is 0 Å². The lowest BCUT2D eigenvalue weighted by atomic mass is 10.2. The Labute approximate surface area is 163 Å². The van der Waals surface area contributed by atoms with Crippen LogP contribution in [0.25, 0.3) is 0 Å². The highest BCUT2D eigenvalue weighted by atomic mass is 16.7.